The Kier molecular flexibility index (Phi) is 9.42. The predicted octanol–water partition coefficient (Wildman–Crippen LogP) is -5.96. The molecule has 10 N–H and O–H groups in total. The molecule has 1 aromatic heterocycles. The van der Waals surface area contributed by atoms with Gasteiger partial charge in [0.2, 0.25) is 0 Å². The minimum Gasteiger partial charge on any atom is -0.394 e. The van der Waals surface area contributed by atoms with E-state index in [4.69, 9.17) is 40.1 Å². The van der Waals surface area contributed by atoms with E-state index in [2.05, 4.69) is 9.26 Å². The summed E-state index contributed by atoms with van der Waals surface area (Å²) < 4.78 is 25.4. The van der Waals surface area contributed by atoms with E-state index in [9.17, 15) is 24.4 Å². The molecule has 2 unspecified atom stereocenters. The van der Waals surface area contributed by atoms with Crippen LogP contribution in [0.4, 0.5) is 0 Å². The number of ether oxygens (including phenoxy) is 2. The van der Waals surface area contributed by atoms with Crippen molar-refractivity contribution < 1.29 is 64.1 Å². The minimum absolute atomic E-state index is 0.526. The Labute approximate surface area is 183 Å². The summed E-state index contributed by atoms with van der Waals surface area (Å²) >= 11 is 0. The predicted molar refractivity (Wildman–Crippen MR) is 101 cm³/mol. The number of aliphatic hydroxyl groups excluding tert-OH is 7. The number of aliphatic hydroxyl groups is 7. The number of rotatable bonds is 5. The number of aromatic nitrogens is 2. The van der Waals surface area contributed by atoms with Gasteiger partial charge < -0.3 is 55.0 Å². The van der Waals surface area contributed by atoms with Crippen LogP contribution < -0.4 is 11.2 Å². The SMILES string of the molecule is O=c1ccn([C@@H]2O[C@H](COP(=O)(O)O)[C@H](O)C2O)c(=O)[nH]1.OC[C@H]1OC(O)[C@H](O)[C@@H](O)[C@H]1O. The Hall–Kier alpha value is -1.57. The topological polar surface area (TPSA) is 282 Å². The van der Waals surface area contributed by atoms with Crippen molar-refractivity contribution in [2.75, 3.05) is 13.2 Å². The van der Waals surface area contributed by atoms with Gasteiger partial charge in [-0.15, -0.1) is 0 Å². The summed E-state index contributed by atoms with van der Waals surface area (Å²) in [7, 11) is -4.76. The van der Waals surface area contributed by atoms with Crippen LogP contribution in [-0.4, -0.2) is 117 Å². The fraction of sp³-hybridized carbons (Fsp3) is 0.733. The molecule has 18 heteroatoms. The molecule has 2 aliphatic heterocycles. The van der Waals surface area contributed by atoms with Gasteiger partial charge in [0.25, 0.3) is 5.56 Å². The minimum atomic E-state index is -4.76. The van der Waals surface area contributed by atoms with E-state index in [1.807, 2.05) is 4.98 Å². The molecule has 1 aromatic rings. The van der Waals surface area contributed by atoms with Crippen molar-refractivity contribution in [1.29, 1.82) is 0 Å². The summed E-state index contributed by atoms with van der Waals surface area (Å²) in [5.74, 6) is 0. The average molecular weight is 504 g/mol. The smallest absolute Gasteiger partial charge is 0.394 e. The van der Waals surface area contributed by atoms with Gasteiger partial charge in [0, 0.05) is 12.3 Å². The molecule has 0 saturated carbocycles. The fourth-order valence-electron chi connectivity index (χ4n) is 2.98. The van der Waals surface area contributed by atoms with Gasteiger partial charge in [0.1, 0.15) is 42.7 Å². The standard InChI is InChI=1S/C9H13N2O9P.C6H12O6/c12-5-1-2-11(9(15)10-5)8-7(14)6(13)4(20-8)3-19-21(16,17)18;7-1-2-3(8)4(9)5(10)6(11)12-2/h1-2,4,6-8,13-14H,3H2,(H,10,12,15)(H2,16,17,18);2-11H,1H2/t4-,6+,7?,8-;2-,3+,4+,5-,6?/m11/s1. The number of hydrogen-bond acceptors (Lipinski definition) is 13. The van der Waals surface area contributed by atoms with E-state index < -0.39 is 87.5 Å². The molecule has 33 heavy (non-hydrogen) atoms. The van der Waals surface area contributed by atoms with Crippen molar-refractivity contribution >= 4 is 7.82 Å². The second-order valence-corrected chi connectivity index (χ2v) is 8.31. The number of hydrogen-bond donors (Lipinski definition) is 10. The van der Waals surface area contributed by atoms with Gasteiger partial charge in [-0.3, -0.25) is 18.9 Å². The highest BCUT2D eigenvalue weighted by Gasteiger charge is 2.45. The van der Waals surface area contributed by atoms with Crippen LogP contribution in [0.5, 0.6) is 0 Å². The number of nitrogens with one attached hydrogen (secondary N) is 1. The molecule has 0 aliphatic carbocycles. The fourth-order valence-corrected chi connectivity index (χ4v) is 3.32. The summed E-state index contributed by atoms with van der Waals surface area (Å²) in [6.45, 7) is -1.21. The lowest BCUT2D eigenvalue weighted by Crippen LogP contribution is -2.58. The second kappa shape index (κ2) is 11.2. The van der Waals surface area contributed by atoms with Crippen LogP contribution >= 0.6 is 7.82 Å². The molecule has 0 bridgehead atoms. The van der Waals surface area contributed by atoms with Gasteiger partial charge in [0.15, 0.2) is 12.5 Å². The lowest BCUT2D eigenvalue weighted by Gasteiger charge is -2.37. The van der Waals surface area contributed by atoms with Gasteiger partial charge in [-0.05, 0) is 0 Å². The zero-order chi connectivity index (χ0) is 25.1. The quantitative estimate of drug-likeness (QED) is 0.167. The van der Waals surface area contributed by atoms with Gasteiger partial charge >= 0.3 is 13.5 Å². The average Bonchev–Trinajstić information content (AvgIpc) is 3.02. The van der Waals surface area contributed by atoms with E-state index in [1.165, 1.54) is 0 Å². The van der Waals surface area contributed by atoms with Gasteiger partial charge in [0.05, 0.1) is 13.2 Å². The first-order valence-electron chi connectivity index (χ1n) is 9.28. The zero-order valence-corrected chi connectivity index (χ0v) is 17.5. The van der Waals surface area contributed by atoms with Crippen LogP contribution in [0, 0.1) is 0 Å². The summed E-state index contributed by atoms with van der Waals surface area (Å²) in [6.07, 6.45) is -11.6. The van der Waals surface area contributed by atoms with Crippen molar-refractivity contribution in [1.82, 2.24) is 9.55 Å². The molecule has 2 fully saturated rings. The van der Waals surface area contributed by atoms with Gasteiger partial charge in [-0.25, -0.2) is 9.36 Å². The third-order valence-electron chi connectivity index (χ3n) is 4.74. The zero-order valence-electron chi connectivity index (χ0n) is 16.6. The van der Waals surface area contributed by atoms with Crippen LogP contribution in [0.1, 0.15) is 6.23 Å². The molecule has 0 amide bonds. The Balaban J connectivity index is 0.000000273. The first-order valence-corrected chi connectivity index (χ1v) is 10.8. The molecular formula is C15H25N2O15P. The van der Waals surface area contributed by atoms with E-state index in [0.29, 0.717) is 0 Å². The van der Waals surface area contributed by atoms with Gasteiger partial charge in [-0.1, -0.05) is 0 Å². The van der Waals surface area contributed by atoms with Crippen molar-refractivity contribution in [3.8, 4) is 0 Å². The van der Waals surface area contributed by atoms with Crippen molar-refractivity contribution in [3.05, 3.63) is 33.1 Å². The molecular weight excluding hydrogens is 479 g/mol. The number of aromatic amines is 1. The number of phosphoric acid groups is 1. The third-order valence-corrected chi connectivity index (χ3v) is 5.22. The lowest BCUT2D eigenvalue weighted by atomic mass is 10.00. The Morgan fingerprint density at radius 1 is 0.939 bits per heavy atom. The van der Waals surface area contributed by atoms with E-state index >= 15 is 0 Å². The summed E-state index contributed by atoms with van der Waals surface area (Å²) in [5, 5.41) is 64.2. The first kappa shape index (κ1) is 27.7. The molecule has 3 rings (SSSR count). The Bertz CT molecular complexity index is 928. The van der Waals surface area contributed by atoms with Crippen LogP contribution in [0.15, 0.2) is 21.9 Å². The molecule has 0 radical (unpaired) electrons. The van der Waals surface area contributed by atoms with E-state index in [1.54, 1.807) is 0 Å². The maximum Gasteiger partial charge on any atom is 0.469 e. The largest absolute Gasteiger partial charge is 0.469 e. The highest BCUT2D eigenvalue weighted by molar-refractivity contribution is 7.46. The maximum absolute atomic E-state index is 11.6. The molecule has 190 valence electrons. The summed E-state index contributed by atoms with van der Waals surface area (Å²) in [6, 6.07) is 1.02. The van der Waals surface area contributed by atoms with Crippen molar-refractivity contribution in [2.45, 2.75) is 55.2 Å². The Morgan fingerprint density at radius 2 is 1.55 bits per heavy atom. The normalized spacial score (nSPS) is 36.8. The summed E-state index contributed by atoms with van der Waals surface area (Å²) in [4.78, 5) is 41.6. The molecule has 0 spiro atoms. The maximum atomic E-state index is 11.6. The van der Waals surface area contributed by atoms with Crippen LogP contribution in [0.3, 0.4) is 0 Å². The van der Waals surface area contributed by atoms with Crippen LogP contribution in [0.25, 0.3) is 0 Å². The molecule has 2 aliphatic rings. The summed E-state index contributed by atoms with van der Waals surface area (Å²) in [5.41, 5.74) is -1.51. The van der Waals surface area contributed by atoms with Crippen molar-refractivity contribution in [2.24, 2.45) is 0 Å². The highest BCUT2D eigenvalue weighted by Crippen LogP contribution is 2.38. The van der Waals surface area contributed by atoms with Gasteiger partial charge in [-0.2, -0.15) is 0 Å². The number of H-pyrrole nitrogens is 1. The molecule has 3 heterocycles. The molecule has 0 aromatic carbocycles. The lowest BCUT2D eigenvalue weighted by molar-refractivity contribution is -0.286. The first-order chi connectivity index (χ1) is 15.3. The van der Waals surface area contributed by atoms with Crippen LogP contribution in [-0.2, 0) is 18.6 Å². The second-order valence-electron chi connectivity index (χ2n) is 7.07. The number of phosphoric ester groups is 1. The van der Waals surface area contributed by atoms with E-state index in [0.717, 1.165) is 16.8 Å². The highest BCUT2D eigenvalue weighted by atomic mass is 31.2. The van der Waals surface area contributed by atoms with E-state index in [-0.39, 0.29) is 0 Å². The Morgan fingerprint density at radius 3 is 2.09 bits per heavy atom. The monoisotopic (exact) mass is 504 g/mol. The third kappa shape index (κ3) is 6.96. The van der Waals surface area contributed by atoms with Crippen molar-refractivity contribution in [3.63, 3.8) is 0 Å². The molecule has 9 atom stereocenters. The molecule has 17 nitrogen and oxygen atoms in total. The molecule has 2 saturated heterocycles. The number of nitrogens with zero attached hydrogens (tertiary/aromatic N) is 1. The van der Waals surface area contributed by atoms with Crippen LogP contribution in [0.2, 0.25) is 0 Å².